The molecular weight excluding hydrogens is 827 g/mol. The van der Waals surface area contributed by atoms with Crippen LogP contribution in [-0.4, -0.2) is 56.3 Å². The average molecular weight is 879 g/mol. The van der Waals surface area contributed by atoms with Gasteiger partial charge in [0.25, 0.3) is 0 Å². The predicted molar refractivity (Wildman–Crippen MR) is 231 cm³/mol. The van der Waals surface area contributed by atoms with E-state index in [9.17, 15) is 22.4 Å². The molecule has 0 atom stereocenters. The van der Waals surface area contributed by atoms with E-state index in [1.807, 2.05) is 36.4 Å². The molecule has 6 aromatic rings. The Morgan fingerprint density at radius 1 is 0.619 bits per heavy atom. The van der Waals surface area contributed by atoms with Crippen molar-refractivity contribution in [1.82, 2.24) is 0 Å². The van der Waals surface area contributed by atoms with E-state index < -0.39 is 56.3 Å². The Morgan fingerprint density at radius 2 is 1.06 bits per heavy atom. The number of aryl methyl sites for hydroxylation is 2. The van der Waals surface area contributed by atoms with Gasteiger partial charge >= 0.3 is 23.7 Å². The van der Waals surface area contributed by atoms with Crippen LogP contribution in [0.5, 0.6) is 11.5 Å². The van der Waals surface area contributed by atoms with Gasteiger partial charge < -0.3 is 27.8 Å². The normalized spacial score (nSPS) is 12.3. The summed E-state index contributed by atoms with van der Waals surface area (Å²) in [5, 5.41) is 1.52. The van der Waals surface area contributed by atoms with E-state index in [-0.39, 0.29) is 17.1 Å². The molecular formula is C50H52F6O7. The van der Waals surface area contributed by atoms with Gasteiger partial charge in [0, 0.05) is 39.6 Å². The van der Waals surface area contributed by atoms with Crippen molar-refractivity contribution in [2.45, 2.75) is 96.0 Å². The molecule has 13 heteroatoms. The zero-order valence-corrected chi connectivity index (χ0v) is 35.6. The number of unbranched alkanes of at least 4 members (excludes halogenated alkanes) is 4. The molecule has 2 heterocycles. The zero-order valence-electron chi connectivity index (χ0n) is 35.6. The quantitative estimate of drug-likeness (QED) is 0.0259. The van der Waals surface area contributed by atoms with Gasteiger partial charge in [-0.1, -0.05) is 94.6 Å². The smallest absolute Gasteiger partial charge is 0.377 e. The van der Waals surface area contributed by atoms with Gasteiger partial charge in [0.2, 0.25) is 0 Å². The molecule has 0 N–H and O–H groups in total. The SMILES string of the molecule is C=C(C)C(=O)OCC(F)(F)C(F)(F)C(F)(F)COC(COc1ccc2cc(-c3ccc(CCCCC)cc3)oc2c1)COc1ccc2cc(-c3ccc(CCCCC)cc3)oc2c1. The summed E-state index contributed by atoms with van der Waals surface area (Å²) in [5.41, 5.74) is 4.72. The van der Waals surface area contributed by atoms with E-state index in [1.54, 1.807) is 36.4 Å². The number of halogens is 6. The first-order valence-electron chi connectivity index (χ1n) is 21.2. The third-order valence-electron chi connectivity index (χ3n) is 10.6. The number of esters is 1. The Kier molecular flexibility index (Phi) is 15.3. The first-order chi connectivity index (χ1) is 30.1. The molecule has 6 rings (SSSR count). The lowest BCUT2D eigenvalue weighted by Gasteiger charge is -2.33. The molecule has 0 amide bonds. The number of benzene rings is 4. The molecule has 0 fully saturated rings. The summed E-state index contributed by atoms with van der Waals surface area (Å²) in [5.74, 6) is -16.6. The van der Waals surface area contributed by atoms with Crippen LogP contribution >= 0.6 is 0 Å². The molecule has 0 spiro atoms. The summed E-state index contributed by atoms with van der Waals surface area (Å²) in [6, 6.07) is 29.8. The molecule has 0 saturated carbocycles. The summed E-state index contributed by atoms with van der Waals surface area (Å²) in [6.45, 7) is 3.07. The van der Waals surface area contributed by atoms with Crippen molar-refractivity contribution >= 4 is 27.9 Å². The van der Waals surface area contributed by atoms with Crippen LogP contribution in [0.1, 0.15) is 70.4 Å². The molecule has 0 unspecified atom stereocenters. The second-order valence-corrected chi connectivity index (χ2v) is 15.8. The Balaban J connectivity index is 1.16. The largest absolute Gasteiger partial charge is 0.491 e. The number of carbonyl (C=O) groups is 1. The average Bonchev–Trinajstić information content (AvgIpc) is 3.90. The summed E-state index contributed by atoms with van der Waals surface area (Å²) in [7, 11) is 0. The Hall–Kier alpha value is -5.69. The molecule has 336 valence electrons. The van der Waals surface area contributed by atoms with Crippen LogP contribution in [0.25, 0.3) is 44.6 Å². The van der Waals surface area contributed by atoms with Gasteiger partial charge in [-0.05, 0) is 80.1 Å². The topological polar surface area (TPSA) is 80.3 Å². The minimum absolute atomic E-state index is 0.227. The van der Waals surface area contributed by atoms with E-state index in [4.69, 9.17) is 23.0 Å². The number of alkyl halides is 6. The molecule has 0 aliphatic carbocycles. The maximum absolute atomic E-state index is 15.1. The predicted octanol–water partition coefficient (Wildman–Crippen LogP) is 13.8. The molecule has 63 heavy (non-hydrogen) atoms. The van der Waals surface area contributed by atoms with E-state index in [1.165, 1.54) is 11.1 Å². The Bertz CT molecular complexity index is 2300. The van der Waals surface area contributed by atoms with Crippen LogP contribution in [0.2, 0.25) is 0 Å². The molecule has 7 nitrogen and oxygen atoms in total. The molecule has 0 saturated heterocycles. The number of carbonyl (C=O) groups excluding carboxylic acids is 1. The van der Waals surface area contributed by atoms with Crippen molar-refractivity contribution in [3.63, 3.8) is 0 Å². The Morgan fingerprint density at radius 3 is 1.49 bits per heavy atom. The molecule has 0 aliphatic heterocycles. The lowest BCUT2D eigenvalue weighted by Crippen LogP contribution is -2.58. The summed E-state index contributed by atoms with van der Waals surface area (Å²) in [6.07, 6.45) is 7.29. The maximum atomic E-state index is 15.1. The summed E-state index contributed by atoms with van der Waals surface area (Å²) < 4.78 is 122. The van der Waals surface area contributed by atoms with Crippen molar-refractivity contribution in [2.75, 3.05) is 26.4 Å². The van der Waals surface area contributed by atoms with Gasteiger partial charge in [-0.25, -0.2) is 4.79 Å². The van der Waals surface area contributed by atoms with Crippen molar-refractivity contribution in [3.05, 3.63) is 120 Å². The lowest BCUT2D eigenvalue weighted by atomic mass is 10.0. The van der Waals surface area contributed by atoms with Gasteiger partial charge in [0.15, 0.2) is 6.61 Å². The van der Waals surface area contributed by atoms with Crippen LogP contribution < -0.4 is 9.47 Å². The molecule has 0 bridgehead atoms. The van der Waals surface area contributed by atoms with Crippen LogP contribution in [0, 0.1) is 0 Å². The second kappa shape index (κ2) is 20.7. The third kappa shape index (κ3) is 11.9. The molecule has 0 radical (unpaired) electrons. The highest BCUT2D eigenvalue weighted by Crippen LogP contribution is 2.46. The van der Waals surface area contributed by atoms with Gasteiger partial charge in [-0.3, -0.25) is 0 Å². The summed E-state index contributed by atoms with van der Waals surface area (Å²) in [4.78, 5) is 11.6. The number of hydrogen-bond acceptors (Lipinski definition) is 7. The highest BCUT2D eigenvalue weighted by Gasteiger charge is 2.72. The zero-order chi connectivity index (χ0) is 45.2. The molecule has 4 aromatic carbocycles. The van der Waals surface area contributed by atoms with Gasteiger partial charge in [-0.2, -0.15) is 26.3 Å². The van der Waals surface area contributed by atoms with Crippen molar-refractivity contribution in [3.8, 4) is 34.1 Å². The van der Waals surface area contributed by atoms with Crippen LogP contribution in [0.15, 0.2) is 118 Å². The molecule has 2 aromatic heterocycles. The second-order valence-electron chi connectivity index (χ2n) is 15.8. The monoisotopic (exact) mass is 878 g/mol. The van der Waals surface area contributed by atoms with E-state index in [0.717, 1.165) is 80.2 Å². The fourth-order valence-corrected chi connectivity index (χ4v) is 6.79. The number of hydrogen-bond donors (Lipinski definition) is 0. The molecule has 0 aliphatic rings. The fraction of sp³-hybridized carbons (Fsp3) is 0.380. The van der Waals surface area contributed by atoms with E-state index in [2.05, 4.69) is 49.4 Å². The first kappa shape index (κ1) is 46.8. The first-order valence-corrected chi connectivity index (χ1v) is 21.2. The van der Waals surface area contributed by atoms with Crippen LogP contribution in [0.4, 0.5) is 26.3 Å². The van der Waals surface area contributed by atoms with Crippen LogP contribution in [0.3, 0.4) is 0 Å². The number of furan rings is 2. The minimum atomic E-state index is -5.99. The Labute approximate surface area is 363 Å². The summed E-state index contributed by atoms with van der Waals surface area (Å²) >= 11 is 0. The number of fused-ring (bicyclic) bond motifs is 2. The lowest BCUT2D eigenvalue weighted by molar-refractivity contribution is -0.329. The van der Waals surface area contributed by atoms with Crippen molar-refractivity contribution < 1.29 is 58.9 Å². The van der Waals surface area contributed by atoms with Gasteiger partial charge in [-0.15, -0.1) is 0 Å². The van der Waals surface area contributed by atoms with Gasteiger partial charge in [0.1, 0.15) is 60.1 Å². The fourth-order valence-electron chi connectivity index (χ4n) is 6.79. The third-order valence-corrected chi connectivity index (χ3v) is 10.6. The number of rotatable bonds is 24. The highest BCUT2D eigenvalue weighted by molar-refractivity contribution is 5.87. The standard InChI is InChI=1S/C50H52F6O7/c1-5-7-9-11-34-13-17-36(18-14-34)43-25-38-21-23-40(27-45(38)62-43)58-29-42(60-31-48(51,52)50(55,56)49(53,54)32-61-47(57)33(3)4)30-59-41-24-22-39-26-44(63-46(39)28-41)37-19-15-35(16-20-37)12-10-8-6-2/h13-28,42H,3,5-12,29-32H2,1-2,4H3. The van der Waals surface area contributed by atoms with Crippen molar-refractivity contribution in [2.24, 2.45) is 0 Å². The van der Waals surface area contributed by atoms with E-state index in [0.29, 0.717) is 22.7 Å². The highest BCUT2D eigenvalue weighted by atomic mass is 19.3. The minimum Gasteiger partial charge on any atom is -0.491 e. The number of ether oxygens (including phenoxy) is 4. The van der Waals surface area contributed by atoms with Gasteiger partial charge in [0.05, 0.1) is 0 Å². The van der Waals surface area contributed by atoms with Crippen LogP contribution in [-0.2, 0) is 27.1 Å². The van der Waals surface area contributed by atoms with Crippen molar-refractivity contribution in [1.29, 1.82) is 0 Å². The maximum Gasteiger partial charge on any atom is 0.377 e. The van der Waals surface area contributed by atoms with E-state index >= 15 is 8.78 Å².